The summed E-state index contributed by atoms with van der Waals surface area (Å²) in [6, 6.07) is -6.26. The molecule has 0 aromatic heterocycles. The van der Waals surface area contributed by atoms with Gasteiger partial charge in [-0.3, -0.25) is 38.4 Å². The lowest BCUT2D eigenvalue weighted by atomic mass is 9.97. The predicted octanol–water partition coefficient (Wildman–Crippen LogP) is -9.29. The van der Waals surface area contributed by atoms with Gasteiger partial charge in [-0.15, -0.1) is 0 Å². The van der Waals surface area contributed by atoms with Crippen LogP contribution in [0, 0.1) is 0 Å². The first-order chi connectivity index (χ1) is 50.4. The molecule has 3 aliphatic rings. The minimum atomic E-state index is -1.55. The molecule has 17 atom stereocenters. The molecule has 17 N–H and O–H groups in total. The van der Waals surface area contributed by atoms with Crippen molar-refractivity contribution in [2.24, 2.45) is 0 Å². The van der Waals surface area contributed by atoms with Gasteiger partial charge in [-0.05, 0) is 26.7 Å². The first-order valence-electron chi connectivity index (χ1n) is 35.2. The molecule has 0 aromatic rings. The fourth-order valence-electron chi connectivity index (χ4n) is 10.2. The lowest BCUT2D eigenvalue weighted by Crippen LogP contribution is -2.64. The molecule has 0 aromatic carbocycles. The summed E-state index contributed by atoms with van der Waals surface area (Å²) in [6.07, 6.45) is -18.0. The van der Waals surface area contributed by atoms with E-state index in [0.29, 0.717) is 59.5 Å². The van der Waals surface area contributed by atoms with Crippen molar-refractivity contribution in [3.63, 3.8) is 0 Å². The molecule has 8 unspecified atom stereocenters. The van der Waals surface area contributed by atoms with Crippen LogP contribution in [0.25, 0.3) is 0 Å². The fourth-order valence-corrected chi connectivity index (χ4v) is 10.2. The van der Waals surface area contributed by atoms with Gasteiger partial charge in [-0.25, -0.2) is 0 Å². The molecule has 0 aliphatic carbocycles. The van der Waals surface area contributed by atoms with Gasteiger partial charge in [-0.2, -0.15) is 0 Å². The normalized spacial score (nSPS) is 25.2. The lowest BCUT2D eigenvalue weighted by Gasteiger charge is -2.42. The summed E-state index contributed by atoms with van der Waals surface area (Å²) in [4.78, 5) is 103. The smallest absolute Gasteiger partial charge is 0.242 e. The molecule has 3 aliphatic heterocycles. The number of carbonyl (C=O) groups is 8. The third-order valence-electron chi connectivity index (χ3n) is 15.6. The zero-order valence-corrected chi connectivity index (χ0v) is 60.5. The van der Waals surface area contributed by atoms with Gasteiger partial charge in [-0.1, -0.05) is 0 Å². The number of amides is 8. The Morgan fingerprint density at radius 2 is 0.619 bits per heavy atom. The summed E-state index contributed by atoms with van der Waals surface area (Å²) in [5.74, 6) is -5.08. The van der Waals surface area contributed by atoms with Crippen molar-refractivity contribution < 1.29 is 160 Å². The van der Waals surface area contributed by atoms with Crippen LogP contribution >= 0.6 is 0 Å². The van der Waals surface area contributed by atoms with Crippen LogP contribution in [-0.4, -0.2) is 388 Å². The molecular formula is C64H116N8O33. The number of rotatable bonds is 59. The second-order valence-electron chi connectivity index (χ2n) is 24.3. The summed E-state index contributed by atoms with van der Waals surface area (Å²) >= 11 is 0. The quantitative estimate of drug-likeness (QED) is 0.0252. The lowest BCUT2D eigenvalue weighted by molar-refractivity contribution is -0.272. The number of aliphatic hydroxyl groups is 9. The Morgan fingerprint density at radius 1 is 0.343 bits per heavy atom. The predicted molar refractivity (Wildman–Crippen MR) is 358 cm³/mol. The topological polar surface area (TPSA) is 563 Å². The van der Waals surface area contributed by atoms with E-state index in [-0.39, 0.29) is 137 Å². The Bertz CT molecular complexity index is 2420. The average molecular weight is 1530 g/mol. The van der Waals surface area contributed by atoms with Gasteiger partial charge >= 0.3 is 0 Å². The number of aliphatic hydroxyl groups excluding tert-OH is 9. The van der Waals surface area contributed by atoms with Crippen molar-refractivity contribution in [3.8, 4) is 0 Å². The molecule has 105 heavy (non-hydrogen) atoms. The Balaban J connectivity index is 1.58. The van der Waals surface area contributed by atoms with Crippen molar-refractivity contribution in [1.82, 2.24) is 42.5 Å². The number of hydrogen-bond donors (Lipinski definition) is 17. The fraction of sp³-hybridized carbons (Fsp3) is 0.875. The van der Waals surface area contributed by atoms with Gasteiger partial charge in [0.05, 0.1) is 171 Å². The Labute approximate surface area is 609 Å². The van der Waals surface area contributed by atoms with Crippen molar-refractivity contribution in [2.45, 2.75) is 177 Å². The maximum absolute atomic E-state index is 13.8. The van der Waals surface area contributed by atoms with Gasteiger partial charge in [0.2, 0.25) is 47.3 Å². The van der Waals surface area contributed by atoms with Gasteiger partial charge in [0.1, 0.15) is 85.1 Å². The van der Waals surface area contributed by atoms with Gasteiger partial charge in [0.15, 0.2) is 18.9 Å². The molecule has 0 radical (unpaired) electrons. The molecule has 0 saturated carbocycles. The molecule has 3 fully saturated rings. The van der Waals surface area contributed by atoms with E-state index in [9.17, 15) is 84.3 Å². The maximum atomic E-state index is 13.8. The van der Waals surface area contributed by atoms with E-state index in [1.54, 1.807) is 0 Å². The van der Waals surface area contributed by atoms with E-state index in [2.05, 4.69) is 42.5 Å². The van der Waals surface area contributed by atoms with Crippen LogP contribution in [-0.2, 0) is 114 Å². The van der Waals surface area contributed by atoms with Gasteiger partial charge < -0.3 is 164 Å². The standard InChI is InChI=1S/C64H116N8O33/c1-39(2)99-32-28-98-27-26-97-25-24-96-23-22-95-21-20-94-19-18-90-14-10-50(81)72-44(61(89)67-13-17-93-31-35-102-64-53(70-42(5)78)59(87)56(84)47(38-75)105-64)7-9-49(80)71-43(60(88)66-12-16-92-30-34-101-63-52(69-41(4)77)58(86)55(83)46(37-74)104-63)6-8-48(79)65-11-15-91-29-33-100-62-51(68-40(3)76)57(85)54(82)45(36-73)103-62/h39,43-47,51-59,62-64,73-75,82-87H,6-38H2,1-5H3,(H,65,79)(H,66,88)(H,67,89)(H,68,76)(H,69,77)(H,70,78)(H,71,80)(H,72,81)/t43?,44?,45?,46?,47?,51?,52?,53?,54-,55-,56-,57+,58+,59+,62+,63+,64+/m0/s1. The van der Waals surface area contributed by atoms with Crippen LogP contribution in [0.3, 0.4) is 0 Å². The molecule has 41 nitrogen and oxygen atoms in total. The highest BCUT2D eigenvalue weighted by molar-refractivity contribution is 5.90. The zero-order valence-electron chi connectivity index (χ0n) is 60.5. The number of nitrogens with one attached hydrogen (secondary N) is 8. The van der Waals surface area contributed by atoms with Gasteiger partial charge in [0.25, 0.3) is 0 Å². The Hall–Kier alpha value is -5.24. The number of hydrogen-bond acceptors (Lipinski definition) is 33. The van der Waals surface area contributed by atoms with Crippen LogP contribution in [0.1, 0.15) is 66.7 Å². The summed E-state index contributed by atoms with van der Waals surface area (Å²) < 4.78 is 88.7. The van der Waals surface area contributed by atoms with Gasteiger partial charge in [0, 0.05) is 59.7 Å². The number of ether oxygens (including phenoxy) is 16. The zero-order chi connectivity index (χ0) is 77.3. The van der Waals surface area contributed by atoms with Crippen molar-refractivity contribution >= 4 is 47.3 Å². The second kappa shape index (κ2) is 56.1. The monoisotopic (exact) mass is 1520 g/mol. The highest BCUT2D eigenvalue weighted by Crippen LogP contribution is 2.25. The van der Waals surface area contributed by atoms with E-state index in [0.717, 1.165) is 0 Å². The van der Waals surface area contributed by atoms with Crippen LogP contribution in [0.15, 0.2) is 0 Å². The second-order valence-corrected chi connectivity index (χ2v) is 24.3. The Kier molecular flexibility index (Phi) is 50.2. The summed E-state index contributed by atoms with van der Waals surface area (Å²) in [6.45, 7) is 8.35. The molecule has 0 spiro atoms. The molecule has 3 rings (SSSR count). The van der Waals surface area contributed by atoms with E-state index in [1.807, 2.05) is 13.8 Å². The highest BCUT2D eigenvalue weighted by atomic mass is 16.7. The van der Waals surface area contributed by atoms with Crippen LogP contribution in [0.4, 0.5) is 0 Å². The van der Waals surface area contributed by atoms with Crippen LogP contribution in [0.5, 0.6) is 0 Å². The average Bonchev–Trinajstić information content (AvgIpc) is 0.826. The molecule has 0 bridgehead atoms. The van der Waals surface area contributed by atoms with Crippen LogP contribution < -0.4 is 42.5 Å². The summed E-state index contributed by atoms with van der Waals surface area (Å²) in [7, 11) is 0. The minimum absolute atomic E-state index is 0.0296. The van der Waals surface area contributed by atoms with Crippen LogP contribution in [0.2, 0.25) is 0 Å². The number of carbonyl (C=O) groups excluding carboxylic acids is 8. The minimum Gasteiger partial charge on any atom is -0.394 e. The van der Waals surface area contributed by atoms with Crippen molar-refractivity contribution in [2.75, 3.05) is 185 Å². The van der Waals surface area contributed by atoms with E-state index in [4.69, 9.17) is 75.8 Å². The molecule has 610 valence electrons. The maximum Gasteiger partial charge on any atom is 0.242 e. The Morgan fingerprint density at radius 3 is 0.933 bits per heavy atom. The summed E-state index contributed by atoms with van der Waals surface area (Å²) in [5.41, 5.74) is 0. The largest absolute Gasteiger partial charge is 0.394 e. The van der Waals surface area contributed by atoms with E-state index < -0.39 is 178 Å². The molecule has 3 heterocycles. The third-order valence-corrected chi connectivity index (χ3v) is 15.6. The molecule has 3 saturated heterocycles. The first-order valence-corrected chi connectivity index (χ1v) is 35.2. The molecule has 8 amide bonds. The third kappa shape index (κ3) is 39.6. The van der Waals surface area contributed by atoms with E-state index in [1.165, 1.54) is 20.8 Å². The molecule has 41 heteroatoms. The summed E-state index contributed by atoms with van der Waals surface area (Å²) in [5, 5.41) is 112. The SMILES string of the molecule is CC(=O)NC1[C@H](OCCOCCNC(=O)CCC(NC(=O)CCC(NC(=O)CCOCCOCCOCCOCCOCCOCCOC(C)C)C(=O)NCCOCCO[C@@H]2OC(CO)[C@H](O)[C@H](O)C2NC(C)=O)C(=O)NCCOCCO[C@@H]2OC(CO)[C@H](O)[C@H](O)C2NC(C)=O)OC(CO)[C@H](O)[C@@H]1O. The molecular weight excluding hydrogens is 1410 g/mol. The van der Waals surface area contributed by atoms with E-state index >= 15 is 0 Å². The first kappa shape index (κ1) is 94.0. The van der Waals surface area contributed by atoms with Crippen molar-refractivity contribution in [1.29, 1.82) is 0 Å². The highest BCUT2D eigenvalue weighted by Gasteiger charge is 2.48. The van der Waals surface area contributed by atoms with Crippen molar-refractivity contribution in [3.05, 3.63) is 0 Å².